The summed E-state index contributed by atoms with van der Waals surface area (Å²) in [4.78, 5) is 0. The van der Waals surface area contributed by atoms with Gasteiger partial charge in [-0.1, -0.05) is 29.8 Å². The molecule has 1 N–H and O–H groups in total. The third-order valence-electron chi connectivity index (χ3n) is 4.37. The molecule has 2 heterocycles. The number of aromatic nitrogens is 3. The highest BCUT2D eigenvalue weighted by molar-refractivity contribution is 5.25. The molecule has 20 heavy (non-hydrogen) atoms. The van der Waals surface area contributed by atoms with E-state index in [1.807, 2.05) is 0 Å². The number of benzene rings is 1. The number of rotatable bonds is 3. The molecule has 1 aromatic carbocycles. The van der Waals surface area contributed by atoms with E-state index in [0.717, 1.165) is 37.1 Å². The first kappa shape index (κ1) is 12.1. The summed E-state index contributed by atoms with van der Waals surface area (Å²) in [6.07, 6.45) is 3.54. The van der Waals surface area contributed by atoms with Crippen LogP contribution in [0.5, 0.6) is 0 Å². The van der Waals surface area contributed by atoms with E-state index in [9.17, 15) is 0 Å². The number of hydrogen-bond acceptors (Lipinski definition) is 3. The fourth-order valence-electron chi connectivity index (χ4n) is 3.19. The van der Waals surface area contributed by atoms with E-state index < -0.39 is 0 Å². The van der Waals surface area contributed by atoms with Crippen molar-refractivity contribution < 1.29 is 0 Å². The Kier molecular flexibility index (Phi) is 2.84. The molecular weight excluding hydrogens is 248 g/mol. The van der Waals surface area contributed by atoms with Gasteiger partial charge in [-0.3, -0.25) is 0 Å². The molecule has 0 bridgehead atoms. The van der Waals surface area contributed by atoms with Gasteiger partial charge in [0.05, 0.1) is 6.04 Å². The quantitative estimate of drug-likeness (QED) is 0.928. The van der Waals surface area contributed by atoms with E-state index >= 15 is 0 Å². The number of fused-ring (bicyclic) bond motifs is 1. The Morgan fingerprint density at radius 1 is 1.30 bits per heavy atom. The molecule has 4 heteroatoms. The number of aryl methyl sites for hydroxylation is 1. The molecule has 1 aliphatic heterocycles. The molecule has 0 radical (unpaired) electrons. The van der Waals surface area contributed by atoms with Crippen molar-refractivity contribution in [2.75, 3.05) is 6.54 Å². The molecule has 2 aliphatic rings. The highest BCUT2D eigenvalue weighted by Gasteiger charge is 2.37. The molecule has 1 saturated carbocycles. The first-order valence-electron chi connectivity index (χ1n) is 7.52. The van der Waals surface area contributed by atoms with Gasteiger partial charge in [0, 0.05) is 19.5 Å². The number of hydrogen-bond donors (Lipinski definition) is 1. The normalized spacial score (nSPS) is 21.8. The Hall–Kier alpha value is -1.68. The van der Waals surface area contributed by atoms with Crippen LogP contribution < -0.4 is 5.32 Å². The fraction of sp³-hybridized carbons (Fsp3) is 0.500. The average Bonchev–Trinajstić information content (AvgIpc) is 3.21. The van der Waals surface area contributed by atoms with Crippen molar-refractivity contribution in [3.05, 3.63) is 47.0 Å². The second-order valence-corrected chi connectivity index (χ2v) is 6.06. The number of nitrogens with one attached hydrogen (secondary N) is 1. The van der Waals surface area contributed by atoms with Gasteiger partial charge in [-0.2, -0.15) is 0 Å². The van der Waals surface area contributed by atoms with Crippen LogP contribution in [0, 0.1) is 12.8 Å². The van der Waals surface area contributed by atoms with E-state index in [1.165, 1.54) is 24.0 Å². The minimum Gasteiger partial charge on any atom is -0.312 e. The molecule has 4 nitrogen and oxygen atoms in total. The molecule has 2 aromatic rings. The molecule has 0 amide bonds. The molecule has 0 spiro atoms. The first-order valence-corrected chi connectivity index (χ1v) is 7.52. The third kappa shape index (κ3) is 2.14. The van der Waals surface area contributed by atoms with Crippen LogP contribution in [0.15, 0.2) is 24.3 Å². The van der Waals surface area contributed by atoms with Crippen molar-refractivity contribution in [1.82, 2.24) is 20.1 Å². The third-order valence-corrected chi connectivity index (χ3v) is 4.37. The van der Waals surface area contributed by atoms with Gasteiger partial charge in [0.2, 0.25) is 0 Å². The van der Waals surface area contributed by atoms with Gasteiger partial charge >= 0.3 is 0 Å². The van der Waals surface area contributed by atoms with Crippen molar-refractivity contribution in [2.45, 2.75) is 38.8 Å². The lowest BCUT2D eigenvalue weighted by Crippen LogP contribution is -2.35. The molecule has 1 unspecified atom stereocenters. The SMILES string of the molecule is Cc1cccc(Cc2nnc3n2CCNC3C2CC2)c1. The summed E-state index contributed by atoms with van der Waals surface area (Å²) in [5, 5.41) is 12.5. The van der Waals surface area contributed by atoms with Crippen molar-refractivity contribution in [1.29, 1.82) is 0 Å². The van der Waals surface area contributed by atoms with Gasteiger partial charge in [-0.05, 0) is 31.2 Å². The van der Waals surface area contributed by atoms with Gasteiger partial charge in [0.15, 0.2) is 5.82 Å². The largest absolute Gasteiger partial charge is 0.312 e. The van der Waals surface area contributed by atoms with E-state index in [1.54, 1.807) is 0 Å². The Labute approximate surface area is 119 Å². The Morgan fingerprint density at radius 3 is 3.00 bits per heavy atom. The van der Waals surface area contributed by atoms with Gasteiger partial charge in [0.25, 0.3) is 0 Å². The monoisotopic (exact) mass is 268 g/mol. The van der Waals surface area contributed by atoms with E-state index in [2.05, 4.69) is 51.3 Å². The summed E-state index contributed by atoms with van der Waals surface area (Å²) in [5.74, 6) is 3.05. The molecule has 1 atom stereocenters. The van der Waals surface area contributed by atoms with E-state index in [-0.39, 0.29) is 0 Å². The molecule has 1 aromatic heterocycles. The van der Waals surface area contributed by atoms with Crippen LogP contribution in [0.4, 0.5) is 0 Å². The second-order valence-electron chi connectivity index (χ2n) is 6.06. The molecular formula is C16H20N4. The first-order chi connectivity index (χ1) is 9.81. The van der Waals surface area contributed by atoms with Crippen LogP contribution in [0.3, 0.4) is 0 Å². The minimum atomic E-state index is 0.433. The summed E-state index contributed by atoms with van der Waals surface area (Å²) in [7, 11) is 0. The van der Waals surface area contributed by atoms with E-state index in [4.69, 9.17) is 0 Å². The van der Waals surface area contributed by atoms with Crippen molar-refractivity contribution >= 4 is 0 Å². The van der Waals surface area contributed by atoms with Gasteiger partial charge < -0.3 is 9.88 Å². The molecule has 0 saturated heterocycles. The van der Waals surface area contributed by atoms with Crippen molar-refractivity contribution in [3.8, 4) is 0 Å². The van der Waals surface area contributed by atoms with Gasteiger partial charge in [-0.25, -0.2) is 0 Å². The Balaban J connectivity index is 1.63. The zero-order valence-corrected chi connectivity index (χ0v) is 11.8. The smallest absolute Gasteiger partial charge is 0.150 e. The van der Waals surface area contributed by atoms with Crippen LogP contribution in [0.25, 0.3) is 0 Å². The Bertz CT molecular complexity index is 627. The summed E-state index contributed by atoms with van der Waals surface area (Å²) in [5.41, 5.74) is 2.63. The van der Waals surface area contributed by atoms with Crippen molar-refractivity contribution in [3.63, 3.8) is 0 Å². The molecule has 1 aliphatic carbocycles. The summed E-state index contributed by atoms with van der Waals surface area (Å²) in [6.45, 7) is 4.16. The van der Waals surface area contributed by atoms with Crippen LogP contribution in [-0.2, 0) is 13.0 Å². The predicted octanol–water partition coefficient (Wildman–Crippen LogP) is 2.23. The lowest BCUT2D eigenvalue weighted by molar-refractivity contribution is 0.377. The predicted molar refractivity (Wildman–Crippen MR) is 77.5 cm³/mol. The van der Waals surface area contributed by atoms with Crippen LogP contribution >= 0.6 is 0 Å². The van der Waals surface area contributed by atoms with E-state index in [0.29, 0.717) is 6.04 Å². The maximum Gasteiger partial charge on any atom is 0.150 e. The molecule has 104 valence electrons. The zero-order valence-electron chi connectivity index (χ0n) is 11.8. The standard InChI is InChI=1S/C16H20N4/c1-11-3-2-4-12(9-11)10-14-18-19-16-15(13-5-6-13)17-7-8-20(14)16/h2-4,9,13,15,17H,5-8,10H2,1H3. The maximum absolute atomic E-state index is 4.47. The summed E-state index contributed by atoms with van der Waals surface area (Å²) in [6, 6.07) is 9.10. The van der Waals surface area contributed by atoms with Gasteiger partial charge in [-0.15, -0.1) is 10.2 Å². The minimum absolute atomic E-state index is 0.433. The fourth-order valence-corrected chi connectivity index (χ4v) is 3.19. The van der Waals surface area contributed by atoms with Crippen LogP contribution in [-0.4, -0.2) is 21.3 Å². The number of nitrogens with zero attached hydrogens (tertiary/aromatic N) is 3. The molecule has 1 fully saturated rings. The summed E-state index contributed by atoms with van der Waals surface area (Å²) >= 11 is 0. The topological polar surface area (TPSA) is 42.7 Å². The highest BCUT2D eigenvalue weighted by atomic mass is 15.3. The highest BCUT2D eigenvalue weighted by Crippen LogP contribution is 2.41. The van der Waals surface area contributed by atoms with Gasteiger partial charge in [0.1, 0.15) is 5.82 Å². The Morgan fingerprint density at radius 2 is 2.20 bits per heavy atom. The zero-order chi connectivity index (χ0) is 13.5. The lowest BCUT2D eigenvalue weighted by atomic mass is 10.1. The maximum atomic E-state index is 4.47. The van der Waals surface area contributed by atoms with Crippen LogP contribution in [0.2, 0.25) is 0 Å². The van der Waals surface area contributed by atoms with Crippen molar-refractivity contribution in [2.24, 2.45) is 5.92 Å². The summed E-state index contributed by atoms with van der Waals surface area (Å²) < 4.78 is 2.34. The molecule has 4 rings (SSSR count). The second kappa shape index (κ2) is 4.70. The average molecular weight is 268 g/mol. The van der Waals surface area contributed by atoms with Crippen LogP contribution in [0.1, 0.15) is 41.7 Å². The lowest BCUT2D eigenvalue weighted by Gasteiger charge is -2.25.